The molecule has 0 aliphatic carbocycles. The van der Waals surface area contributed by atoms with Crippen LogP contribution in [0.15, 0.2) is 0 Å². The molecule has 6 nitrogen and oxygen atoms in total. The largest absolute Gasteiger partial charge is 0.481 e. The van der Waals surface area contributed by atoms with Crippen LogP contribution in [0.1, 0.15) is 47.5 Å². The molecule has 2 atom stereocenters. The Morgan fingerprint density at radius 1 is 1.26 bits per heavy atom. The number of rotatable bonds is 6. The predicted octanol–water partition coefficient (Wildman–Crippen LogP) is 2.95. The summed E-state index contributed by atoms with van der Waals surface area (Å²) < 4.78 is 0. The van der Waals surface area contributed by atoms with Crippen molar-refractivity contribution >= 4 is 33.8 Å². The highest BCUT2D eigenvalue weighted by atomic mass is 79.9. The molecular formula is C16H27BrN2O4. The van der Waals surface area contributed by atoms with Gasteiger partial charge in [0.2, 0.25) is 0 Å². The molecule has 0 aromatic rings. The van der Waals surface area contributed by atoms with E-state index in [0.717, 1.165) is 0 Å². The standard InChI is InChI=1S/C16H27BrN2O4/c1-15(2,3)11(8-7-10(9-17)12(20)21)19-13(22)16(4,5)18(6)14(19)23/h10-11H,7-9H2,1-6H3,(H,20,21). The Hall–Kier alpha value is -1.11. The van der Waals surface area contributed by atoms with Crippen LogP contribution in [0.3, 0.4) is 0 Å². The number of halogens is 1. The van der Waals surface area contributed by atoms with E-state index in [9.17, 15) is 19.5 Å². The summed E-state index contributed by atoms with van der Waals surface area (Å²) in [5.41, 5.74) is -1.20. The van der Waals surface area contributed by atoms with Crippen molar-refractivity contribution in [1.29, 1.82) is 0 Å². The summed E-state index contributed by atoms with van der Waals surface area (Å²) in [6.07, 6.45) is 0.872. The van der Waals surface area contributed by atoms with Crippen LogP contribution in [0, 0.1) is 11.3 Å². The summed E-state index contributed by atoms with van der Waals surface area (Å²) in [6, 6.07) is -0.654. The zero-order valence-electron chi connectivity index (χ0n) is 14.7. The lowest BCUT2D eigenvalue weighted by Gasteiger charge is -2.37. The Labute approximate surface area is 146 Å². The SMILES string of the molecule is CN1C(=O)N(C(CCC(CBr)C(=O)O)C(C)(C)C)C(=O)C1(C)C. The van der Waals surface area contributed by atoms with Crippen LogP contribution in [-0.4, -0.2) is 56.8 Å². The molecule has 1 aliphatic heterocycles. The third-order valence-corrected chi connectivity index (χ3v) is 5.49. The fraction of sp³-hybridized carbons (Fsp3) is 0.812. The van der Waals surface area contributed by atoms with E-state index in [-0.39, 0.29) is 23.4 Å². The maximum absolute atomic E-state index is 12.7. The van der Waals surface area contributed by atoms with Gasteiger partial charge >= 0.3 is 12.0 Å². The first-order valence-electron chi connectivity index (χ1n) is 7.76. The highest BCUT2D eigenvalue weighted by Gasteiger charge is 2.53. The first kappa shape index (κ1) is 19.9. The molecule has 0 spiro atoms. The summed E-state index contributed by atoms with van der Waals surface area (Å²) in [5, 5.41) is 9.55. The van der Waals surface area contributed by atoms with Crippen LogP contribution in [0.4, 0.5) is 4.79 Å². The van der Waals surface area contributed by atoms with Crippen molar-refractivity contribution in [2.24, 2.45) is 11.3 Å². The Morgan fingerprint density at radius 2 is 1.78 bits per heavy atom. The minimum absolute atomic E-state index is 0.226. The van der Waals surface area contributed by atoms with Crippen molar-refractivity contribution < 1.29 is 19.5 Å². The van der Waals surface area contributed by atoms with Gasteiger partial charge < -0.3 is 10.0 Å². The number of amides is 3. The monoisotopic (exact) mass is 390 g/mol. The molecule has 1 saturated heterocycles. The zero-order valence-corrected chi connectivity index (χ0v) is 16.3. The summed E-state index contributed by atoms with van der Waals surface area (Å²) in [6.45, 7) is 9.35. The van der Waals surface area contributed by atoms with E-state index in [1.54, 1.807) is 20.9 Å². The van der Waals surface area contributed by atoms with Crippen molar-refractivity contribution in [2.45, 2.75) is 59.0 Å². The molecule has 0 aromatic carbocycles. The van der Waals surface area contributed by atoms with Gasteiger partial charge in [0.05, 0.1) is 5.92 Å². The van der Waals surface area contributed by atoms with Gasteiger partial charge in [0.1, 0.15) is 5.54 Å². The first-order valence-corrected chi connectivity index (χ1v) is 8.88. The number of carbonyl (C=O) groups is 3. The molecule has 1 N–H and O–H groups in total. The quantitative estimate of drug-likeness (QED) is 0.558. The number of carbonyl (C=O) groups excluding carboxylic acids is 2. The molecule has 0 radical (unpaired) electrons. The van der Waals surface area contributed by atoms with E-state index in [1.165, 1.54) is 9.80 Å². The summed E-state index contributed by atoms with van der Waals surface area (Å²) in [5.74, 6) is -1.62. The van der Waals surface area contributed by atoms with Gasteiger partial charge in [-0.05, 0) is 32.1 Å². The Morgan fingerprint density at radius 3 is 2.09 bits per heavy atom. The average molecular weight is 391 g/mol. The Balaban J connectivity index is 3.07. The minimum Gasteiger partial charge on any atom is -0.481 e. The molecular weight excluding hydrogens is 364 g/mol. The molecule has 0 bridgehead atoms. The summed E-state index contributed by atoms with van der Waals surface area (Å²) in [4.78, 5) is 39.3. The molecule has 23 heavy (non-hydrogen) atoms. The lowest BCUT2D eigenvalue weighted by Crippen LogP contribution is -2.49. The van der Waals surface area contributed by atoms with E-state index < -0.39 is 17.4 Å². The first-order chi connectivity index (χ1) is 10.4. The van der Waals surface area contributed by atoms with Gasteiger partial charge in [0, 0.05) is 18.4 Å². The van der Waals surface area contributed by atoms with E-state index in [4.69, 9.17) is 0 Å². The number of carboxylic acids is 1. The van der Waals surface area contributed by atoms with Crippen molar-refractivity contribution in [3.05, 3.63) is 0 Å². The molecule has 1 rings (SSSR count). The van der Waals surface area contributed by atoms with E-state index in [2.05, 4.69) is 15.9 Å². The number of hydrogen-bond acceptors (Lipinski definition) is 3. The van der Waals surface area contributed by atoms with Gasteiger partial charge in [0.15, 0.2) is 0 Å². The van der Waals surface area contributed by atoms with E-state index in [0.29, 0.717) is 18.2 Å². The third-order valence-electron chi connectivity index (χ3n) is 4.71. The van der Waals surface area contributed by atoms with Gasteiger partial charge in [-0.3, -0.25) is 14.5 Å². The molecule has 1 aliphatic rings. The number of urea groups is 1. The van der Waals surface area contributed by atoms with Gasteiger partial charge in [-0.1, -0.05) is 36.7 Å². The second-order valence-electron chi connectivity index (χ2n) is 7.72. The Kier molecular flexibility index (Phi) is 5.88. The normalized spacial score (nSPS) is 20.8. The van der Waals surface area contributed by atoms with E-state index >= 15 is 0 Å². The molecule has 2 unspecified atom stereocenters. The molecule has 0 saturated carbocycles. The number of nitrogens with zero attached hydrogens (tertiary/aromatic N) is 2. The summed E-state index contributed by atoms with van der Waals surface area (Å²) in [7, 11) is 1.62. The zero-order chi connectivity index (χ0) is 18.2. The topological polar surface area (TPSA) is 77.9 Å². The van der Waals surface area contributed by atoms with Crippen LogP contribution < -0.4 is 0 Å². The minimum atomic E-state index is -0.873. The van der Waals surface area contributed by atoms with Gasteiger partial charge in [-0.2, -0.15) is 0 Å². The maximum Gasteiger partial charge on any atom is 0.327 e. The second-order valence-corrected chi connectivity index (χ2v) is 8.37. The fourth-order valence-corrected chi connectivity index (χ4v) is 3.38. The number of hydrogen-bond donors (Lipinski definition) is 1. The molecule has 7 heteroatoms. The molecule has 132 valence electrons. The van der Waals surface area contributed by atoms with Crippen LogP contribution >= 0.6 is 15.9 Å². The molecule has 3 amide bonds. The molecule has 1 fully saturated rings. The van der Waals surface area contributed by atoms with Crippen LogP contribution in [0.25, 0.3) is 0 Å². The molecule has 1 heterocycles. The van der Waals surface area contributed by atoms with Crippen molar-refractivity contribution in [3.8, 4) is 0 Å². The van der Waals surface area contributed by atoms with E-state index in [1.807, 2.05) is 20.8 Å². The average Bonchev–Trinajstić information content (AvgIpc) is 2.56. The van der Waals surface area contributed by atoms with Gasteiger partial charge in [-0.15, -0.1) is 0 Å². The second kappa shape index (κ2) is 6.79. The summed E-state index contributed by atoms with van der Waals surface area (Å²) >= 11 is 3.22. The van der Waals surface area contributed by atoms with Gasteiger partial charge in [0.25, 0.3) is 5.91 Å². The Bertz CT molecular complexity index is 499. The van der Waals surface area contributed by atoms with Crippen molar-refractivity contribution in [3.63, 3.8) is 0 Å². The highest BCUT2D eigenvalue weighted by molar-refractivity contribution is 9.09. The van der Waals surface area contributed by atoms with Crippen molar-refractivity contribution in [1.82, 2.24) is 9.80 Å². The van der Waals surface area contributed by atoms with Crippen molar-refractivity contribution in [2.75, 3.05) is 12.4 Å². The fourth-order valence-electron chi connectivity index (χ4n) is 2.78. The van der Waals surface area contributed by atoms with Gasteiger partial charge in [-0.25, -0.2) is 4.79 Å². The van der Waals surface area contributed by atoms with Crippen LogP contribution in [0.2, 0.25) is 0 Å². The number of alkyl halides is 1. The third kappa shape index (κ3) is 3.87. The number of carboxylic acid groups (broad SMARTS) is 1. The highest BCUT2D eigenvalue weighted by Crippen LogP contribution is 2.36. The smallest absolute Gasteiger partial charge is 0.327 e. The predicted molar refractivity (Wildman–Crippen MR) is 91.5 cm³/mol. The van der Waals surface area contributed by atoms with Crippen LogP contribution in [0.5, 0.6) is 0 Å². The van der Waals surface area contributed by atoms with Crippen LogP contribution in [-0.2, 0) is 9.59 Å². The lowest BCUT2D eigenvalue weighted by molar-refractivity contribution is -0.141. The maximum atomic E-state index is 12.7. The number of aliphatic carboxylic acids is 1. The number of likely N-dealkylation sites (N-methyl/N-ethyl adjacent to an activating group) is 1. The number of imide groups is 1. The molecule has 0 aromatic heterocycles. The lowest BCUT2D eigenvalue weighted by atomic mass is 9.81.